The lowest BCUT2D eigenvalue weighted by Gasteiger charge is -2.44. The van der Waals surface area contributed by atoms with Gasteiger partial charge in [-0.05, 0) is 59.9 Å². The van der Waals surface area contributed by atoms with Gasteiger partial charge in [0.1, 0.15) is 0 Å². The van der Waals surface area contributed by atoms with E-state index in [1.54, 1.807) is 6.07 Å². The van der Waals surface area contributed by atoms with Crippen LogP contribution in [0.1, 0.15) is 44.7 Å². The van der Waals surface area contributed by atoms with E-state index in [0.717, 1.165) is 25.8 Å². The first-order valence-corrected chi connectivity index (χ1v) is 9.59. The second kappa shape index (κ2) is 4.56. The van der Waals surface area contributed by atoms with Crippen molar-refractivity contribution in [1.82, 2.24) is 5.32 Å². The molecule has 0 unspecified atom stereocenters. The Labute approximate surface area is 128 Å². The van der Waals surface area contributed by atoms with Gasteiger partial charge in [-0.3, -0.25) is 0 Å². The second-order valence-electron chi connectivity index (χ2n) is 7.62. The van der Waals surface area contributed by atoms with Gasteiger partial charge < -0.3 is 5.32 Å². The molecule has 2 atom stereocenters. The van der Waals surface area contributed by atoms with Gasteiger partial charge in [-0.1, -0.05) is 26.8 Å². The van der Waals surface area contributed by atoms with E-state index in [0.29, 0.717) is 10.9 Å². The molecule has 3 rings (SSSR count). The maximum atomic E-state index is 11.8. The summed E-state index contributed by atoms with van der Waals surface area (Å²) in [6.07, 6.45) is 4.45. The molecular weight excluding hydrogens is 282 g/mol. The molecular formula is C17H25NO2S. The lowest BCUT2D eigenvalue weighted by atomic mass is 9.60. The minimum Gasteiger partial charge on any atom is -0.314 e. The Morgan fingerprint density at radius 1 is 1.24 bits per heavy atom. The average molecular weight is 307 g/mol. The first kappa shape index (κ1) is 15.0. The van der Waals surface area contributed by atoms with Crippen LogP contribution in [-0.4, -0.2) is 27.3 Å². The van der Waals surface area contributed by atoms with Crippen LogP contribution >= 0.6 is 0 Å². The van der Waals surface area contributed by atoms with Gasteiger partial charge in [-0.25, -0.2) is 8.42 Å². The number of hydrogen-bond donors (Lipinski definition) is 1. The predicted octanol–water partition coefficient (Wildman–Crippen LogP) is 2.68. The largest absolute Gasteiger partial charge is 0.314 e. The molecule has 0 amide bonds. The smallest absolute Gasteiger partial charge is 0.175 e. The Morgan fingerprint density at radius 3 is 2.62 bits per heavy atom. The predicted molar refractivity (Wildman–Crippen MR) is 85.4 cm³/mol. The summed E-state index contributed by atoms with van der Waals surface area (Å²) in [5, 5.41) is 3.64. The molecule has 4 heteroatoms. The van der Waals surface area contributed by atoms with Gasteiger partial charge in [0.2, 0.25) is 0 Å². The van der Waals surface area contributed by atoms with Gasteiger partial charge in [0.25, 0.3) is 0 Å². The molecule has 0 aromatic heterocycles. The van der Waals surface area contributed by atoms with Gasteiger partial charge in [0.05, 0.1) is 4.90 Å². The maximum Gasteiger partial charge on any atom is 0.175 e. The van der Waals surface area contributed by atoms with E-state index >= 15 is 0 Å². The molecule has 1 fully saturated rings. The zero-order valence-electron chi connectivity index (χ0n) is 13.4. The molecule has 1 N–H and O–H groups in total. The quantitative estimate of drug-likeness (QED) is 0.867. The highest BCUT2D eigenvalue weighted by atomic mass is 32.2. The molecule has 116 valence electrons. The highest BCUT2D eigenvalue weighted by molar-refractivity contribution is 7.90. The number of nitrogens with one attached hydrogen (secondary N) is 1. The van der Waals surface area contributed by atoms with E-state index in [2.05, 4.69) is 32.2 Å². The van der Waals surface area contributed by atoms with Crippen LogP contribution in [0.4, 0.5) is 0 Å². The standard InChI is InChI=1S/C17H25NO2S/c1-16(2)11-13-9-12-10-14(21(4,19)20)5-6-15(12)17(16,3)7-8-18-13/h5-6,10,13,18H,7-9,11H2,1-4H3/t13-,17+/m0/s1. The van der Waals surface area contributed by atoms with Crippen molar-refractivity contribution < 1.29 is 8.42 Å². The van der Waals surface area contributed by atoms with Crippen molar-refractivity contribution in [2.45, 2.75) is 56.4 Å². The van der Waals surface area contributed by atoms with Gasteiger partial charge in [0, 0.05) is 12.3 Å². The summed E-state index contributed by atoms with van der Waals surface area (Å²) in [6, 6.07) is 6.21. The Hall–Kier alpha value is -0.870. The van der Waals surface area contributed by atoms with Gasteiger partial charge in [-0.15, -0.1) is 0 Å². The fourth-order valence-electron chi connectivity index (χ4n) is 4.20. The highest BCUT2D eigenvalue weighted by Crippen LogP contribution is 2.52. The molecule has 1 aliphatic heterocycles. The lowest BCUT2D eigenvalue weighted by Crippen LogP contribution is -2.39. The van der Waals surface area contributed by atoms with Crippen LogP contribution in [0, 0.1) is 5.41 Å². The van der Waals surface area contributed by atoms with Crippen molar-refractivity contribution in [3.8, 4) is 0 Å². The van der Waals surface area contributed by atoms with Crippen molar-refractivity contribution >= 4 is 9.84 Å². The van der Waals surface area contributed by atoms with E-state index in [1.165, 1.54) is 17.4 Å². The summed E-state index contributed by atoms with van der Waals surface area (Å²) in [6.45, 7) is 8.10. The van der Waals surface area contributed by atoms with E-state index in [9.17, 15) is 8.42 Å². The van der Waals surface area contributed by atoms with Crippen LogP contribution in [-0.2, 0) is 21.7 Å². The molecule has 1 aromatic rings. The zero-order chi connectivity index (χ0) is 15.5. The van der Waals surface area contributed by atoms with E-state index in [4.69, 9.17) is 0 Å². The number of rotatable bonds is 1. The minimum atomic E-state index is -3.14. The molecule has 1 heterocycles. The van der Waals surface area contributed by atoms with E-state index in [1.807, 2.05) is 6.07 Å². The normalized spacial score (nSPS) is 31.3. The average Bonchev–Trinajstić information content (AvgIpc) is 2.49. The lowest BCUT2D eigenvalue weighted by molar-refractivity contribution is 0.166. The third kappa shape index (κ3) is 2.33. The third-order valence-electron chi connectivity index (χ3n) is 5.87. The molecule has 2 aliphatic rings. The van der Waals surface area contributed by atoms with Crippen molar-refractivity contribution in [1.29, 1.82) is 0 Å². The molecule has 0 spiro atoms. The summed E-state index contributed by atoms with van der Waals surface area (Å²) in [5.74, 6) is 0. The number of benzene rings is 1. The van der Waals surface area contributed by atoms with Crippen molar-refractivity contribution in [3.63, 3.8) is 0 Å². The molecule has 21 heavy (non-hydrogen) atoms. The monoisotopic (exact) mass is 307 g/mol. The Balaban J connectivity index is 2.23. The minimum absolute atomic E-state index is 0.0939. The molecule has 1 aliphatic carbocycles. The molecule has 0 saturated carbocycles. The van der Waals surface area contributed by atoms with Crippen molar-refractivity contribution in [2.24, 2.45) is 5.41 Å². The van der Waals surface area contributed by atoms with Crippen LogP contribution in [0.15, 0.2) is 23.1 Å². The first-order valence-electron chi connectivity index (χ1n) is 7.70. The summed E-state index contributed by atoms with van der Waals surface area (Å²) in [4.78, 5) is 0.447. The van der Waals surface area contributed by atoms with Crippen LogP contribution in [0.5, 0.6) is 0 Å². The van der Waals surface area contributed by atoms with E-state index in [-0.39, 0.29) is 10.8 Å². The SMILES string of the molecule is CC1(C)C[C@@H]2Cc3cc(S(C)(=O)=O)ccc3[C@@]1(C)CCN2. The number of fused-ring (bicyclic) bond motifs is 5. The first-order chi connectivity index (χ1) is 9.63. The van der Waals surface area contributed by atoms with Crippen LogP contribution in [0.2, 0.25) is 0 Å². The molecule has 1 aromatic carbocycles. The number of hydrogen-bond acceptors (Lipinski definition) is 3. The van der Waals surface area contributed by atoms with Gasteiger partial charge >= 0.3 is 0 Å². The molecule has 2 bridgehead atoms. The number of sulfone groups is 1. The summed E-state index contributed by atoms with van der Waals surface area (Å²) >= 11 is 0. The Morgan fingerprint density at radius 2 is 1.95 bits per heavy atom. The maximum absolute atomic E-state index is 11.8. The molecule has 3 nitrogen and oxygen atoms in total. The van der Waals surface area contributed by atoms with Gasteiger partial charge in [-0.2, -0.15) is 0 Å². The van der Waals surface area contributed by atoms with Gasteiger partial charge in [0.15, 0.2) is 9.84 Å². The van der Waals surface area contributed by atoms with Crippen LogP contribution < -0.4 is 5.32 Å². The highest BCUT2D eigenvalue weighted by Gasteiger charge is 2.48. The van der Waals surface area contributed by atoms with Crippen molar-refractivity contribution in [2.75, 3.05) is 12.8 Å². The van der Waals surface area contributed by atoms with Crippen LogP contribution in [0.25, 0.3) is 0 Å². The topological polar surface area (TPSA) is 46.2 Å². The van der Waals surface area contributed by atoms with E-state index < -0.39 is 9.84 Å². The second-order valence-corrected chi connectivity index (χ2v) is 9.63. The van der Waals surface area contributed by atoms with Crippen LogP contribution in [0.3, 0.4) is 0 Å². The summed E-state index contributed by atoms with van der Waals surface area (Å²) in [5.41, 5.74) is 2.86. The summed E-state index contributed by atoms with van der Waals surface area (Å²) < 4.78 is 23.7. The summed E-state index contributed by atoms with van der Waals surface area (Å²) in [7, 11) is -3.14. The Kier molecular flexibility index (Phi) is 3.27. The fourth-order valence-corrected chi connectivity index (χ4v) is 4.87. The fraction of sp³-hybridized carbons (Fsp3) is 0.647. The van der Waals surface area contributed by atoms with Crippen molar-refractivity contribution in [3.05, 3.63) is 29.3 Å². The zero-order valence-corrected chi connectivity index (χ0v) is 14.2. The Bertz CT molecular complexity index is 678. The molecule has 1 saturated heterocycles. The molecule has 0 radical (unpaired) electrons. The third-order valence-corrected chi connectivity index (χ3v) is 6.98.